The average molecular weight is 330 g/mol. The lowest BCUT2D eigenvalue weighted by molar-refractivity contribution is 0.410. The molecule has 0 amide bonds. The maximum atomic E-state index is 14.1. The third-order valence-corrected chi connectivity index (χ3v) is 4.65. The van der Waals surface area contributed by atoms with Crippen molar-refractivity contribution in [2.45, 2.75) is 6.04 Å². The van der Waals surface area contributed by atoms with E-state index in [4.69, 9.17) is 4.74 Å². The quantitative estimate of drug-likeness (QED) is 0.916. The summed E-state index contributed by atoms with van der Waals surface area (Å²) in [4.78, 5) is 1.06. The van der Waals surface area contributed by atoms with Gasteiger partial charge in [0.25, 0.3) is 0 Å². The molecule has 0 fully saturated rings. The molecule has 1 heterocycles. The van der Waals surface area contributed by atoms with Crippen LogP contribution in [0.1, 0.15) is 16.5 Å². The van der Waals surface area contributed by atoms with Gasteiger partial charge >= 0.3 is 0 Å². The molecular formula is C13H13BrFNOS. The van der Waals surface area contributed by atoms with E-state index in [1.807, 2.05) is 18.5 Å². The van der Waals surface area contributed by atoms with Crippen molar-refractivity contribution < 1.29 is 9.13 Å². The van der Waals surface area contributed by atoms with E-state index in [0.29, 0.717) is 11.3 Å². The second kappa shape index (κ2) is 5.82. The average Bonchev–Trinajstić information content (AvgIpc) is 2.78. The van der Waals surface area contributed by atoms with Crippen LogP contribution in [0.2, 0.25) is 0 Å². The molecule has 96 valence electrons. The van der Waals surface area contributed by atoms with Crippen LogP contribution in [-0.2, 0) is 0 Å². The van der Waals surface area contributed by atoms with E-state index in [1.54, 1.807) is 23.5 Å². The van der Waals surface area contributed by atoms with E-state index < -0.39 is 0 Å². The van der Waals surface area contributed by atoms with Crippen LogP contribution in [0.15, 0.2) is 34.1 Å². The van der Waals surface area contributed by atoms with Crippen LogP contribution in [0.4, 0.5) is 4.39 Å². The van der Waals surface area contributed by atoms with Crippen LogP contribution < -0.4 is 10.1 Å². The highest BCUT2D eigenvalue weighted by atomic mass is 79.9. The Morgan fingerprint density at radius 2 is 2.17 bits per heavy atom. The summed E-state index contributed by atoms with van der Waals surface area (Å²) in [5, 5.41) is 5.12. The first-order chi connectivity index (χ1) is 8.67. The van der Waals surface area contributed by atoms with Crippen molar-refractivity contribution >= 4 is 27.3 Å². The number of ether oxygens (including phenoxy) is 1. The molecular weight excluding hydrogens is 317 g/mol. The highest BCUT2D eigenvalue weighted by Gasteiger charge is 2.20. The molecule has 0 aliphatic heterocycles. The van der Waals surface area contributed by atoms with Crippen LogP contribution in [0.5, 0.6) is 5.75 Å². The zero-order chi connectivity index (χ0) is 13.1. The fraction of sp³-hybridized carbons (Fsp3) is 0.231. The molecule has 2 aromatic rings. The Morgan fingerprint density at radius 3 is 2.67 bits per heavy atom. The number of methoxy groups -OCH3 is 1. The minimum absolute atomic E-state index is 0.162. The van der Waals surface area contributed by atoms with E-state index in [2.05, 4.69) is 21.2 Å². The highest BCUT2D eigenvalue weighted by molar-refractivity contribution is 9.10. The molecule has 2 nitrogen and oxygen atoms in total. The molecule has 1 unspecified atom stereocenters. The first-order valence-corrected chi connectivity index (χ1v) is 7.08. The van der Waals surface area contributed by atoms with Crippen molar-refractivity contribution in [3.05, 3.63) is 50.4 Å². The number of rotatable bonds is 4. The Morgan fingerprint density at radius 1 is 1.39 bits per heavy atom. The fourth-order valence-corrected chi connectivity index (χ4v) is 3.54. The van der Waals surface area contributed by atoms with E-state index in [0.717, 1.165) is 9.35 Å². The smallest absolute Gasteiger partial charge is 0.132 e. The van der Waals surface area contributed by atoms with Crippen molar-refractivity contribution in [2.24, 2.45) is 0 Å². The zero-order valence-electron chi connectivity index (χ0n) is 10.0. The molecule has 0 spiro atoms. The molecule has 18 heavy (non-hydrogen) atoms. The van der Waals surface area contributed by atoms with Crippen LogP contribution in [0.3, 0.4) is 0 Å². The molecule has 0 bridgehead atoms. The predicted octanol–water partition coefficient (Wildman–Crippen LogP) is 3.97. The Kier molecular flexibility index (Phi) is 4.37. The molecule has 0 aliphatic rings. The van der Waals surface area contributed by atoms with E-state index in [1.165, 1.54) is 13.2 Å². The van der Waals surface area contributed by atoms with Gasteiger partial charge in [-0.3, -0.25) is 0 Å². The molecule has 0 saturated heterocycles. The number of halogens is 2. The number of hydrogen-bond acceptors (Lipinski definition) is 3. The minimum Gasteiger partial charge on any atom is -0.497 e. The van der Waals surface area contributed by atoms with Crippen LogP contribution in [0, 0.1) is 5.82 Å². The molecule has 1 N–H and O–H groups in total. The standard InChI is InChI=1S/C13H13BrFNOS/c1-16-12(13-10(14)5-6-18-13)9-4-3-8(17-2)7-11(9)15/h3-7,12,16H,1-2H3. The van der Waals surface area contributed by atoms with Crippen LogP contribution >= 0.6 is 27.3 Å². The van der Waals surface area contributed by atoms with Gasteiger partial charge in [0, 0.05) is 21.0 Å². The summed E-state index contributed by atoms with van der Waals surface area (Å²) >= 11 is 5.07. The van der Waals surface area contributed by atoms with Crippen molar-refractivity contribution in [2.75, 3.05) is 14.2 Å². The Balaban J connectivity index is 2.42. The van der Waals surface area contributed by atoms with Gasteiger partial charge < -0.3 is 10.1 Å². The number of hydrogen-bond donors (Lipinski definition) is 1. The monoisotopic (exact) mass is 329 g/mol. The van der Waals surface area contributed by atoms with Gasteiger partial charge in [0.2, 0.25) is 0 Å². The van der Waals surface area contributed by atoms with Crippen LogP contribution in [0.25, 0.3) is 0 Å². The van der Waals surface area contributed by atoms with E-state index in [9.17, 15) is 4.39 Å². The Bertz CT molecular complexity index is 544. The number of nitrogens with one attached hydrogen (secondary N) is 1. The van der Waals surface area contributed by atoms with Gasteiger partial charge in [0.05, 0.1) is 13.2 Å². The first kappa shape index (κ1) is 13.5. The lowest BCUT2D eigenvalue weighted by Crippen LogP contribution is -2.18. The molecule has 1 aromatic heterocycles. The van der Waals surface area contributed by atoms with Crippen molar-refractivity contribution in [3.63, 3.8) is 0 Å². The fourth-order valence-electron chi connectivity index (χ4n) is 1.81. The largest absolute Gasteiger partial charge is 0.497 e. The summed E-state index contributed by atoms with van der Waals surface area (Å²) in [6, 6.07) is 6.73. The van der Waals surface area contributed by atoms with Gasteiger partial charge in [0.15, 0.2) is 0 Å². The maximum absolute atomic E-state index is 14.1. The molecule has 0 saturated carbocycles. The summed E-state index contributed by atoms with van der Waals surface area (Å²) < 4.78 is 20.1. The first-order valence-electron chi connectivity index (χ1n) is 5.41. The predicted molar refractivity (Wildman–Crippen MR) is 75.9 cm³/mol. The topological polar surface area (TPSA) is 21.3 Å². The summed E-state index contributed by atoms with van der Waals surface area (Å²) in [5.41, 5.74) is 0.612. The Hall–Kier alpha value is -0.910. The molecule has 1 aromatic carbocycles. The van der Waals surface area contributed by atoms with Gasteiger partial charge in [-0.05, 0) is 40.5 Å². The van der Waals surface area contributed by atoms with Gasteiger partial charge in [0.1, 0.15) is 11.6 Å². The summed E-state index contributed by atoms with van der Waals surface area (Å²) in [6.45, 7) is 0. The molecule has 5 heteroatoms. The molecule has 1 atom stereocenters. The number of benzene rings is 1. The lowest BCUT2D eigenvalue weighted by Gasteiger charge is -2.17. The van der Waals surface area contributed by atoms with Crippen LogP contribution in [-0.4, -0.2) is 14.2 Å². The summed E-state index contributed by atoms with van der Waals surface area (Å²) in [7, 11) is 3.35. The molecule has 2 rings (SSSR count). The summed E-state index contributed by atoms with van der Waals surface area (Å²) in [6.07, 6.45) is 0. The summed E-state index contributed by atoms with van der Waals surface area (Å²) in [5.74, 6) is 0.255. The van der Waals surface area contributed by atoms with E-state index >= 15 is 0 Å². The maximum Gasteiger partial charge on any atom is 0.132 e. The van der Waals surface area contributed by atoms with Crippen molar-refractivity contribution in [1.29, 1.82) is 0 Å². The SMILES string of the molecule is CNC(c1ccc(OC)cc1F)c1sccc1Br. The van der Waals surface area contributed by atoms with E-state index in [-0.39, 0.29) is 11.9 Å². The minimum atomic E-state index is -0.269. The lowest BCUT2D eigenvalue weighted by atomic mass is 10.0. The zero-order valence-corrected chi connectivity index (χ0v) is 12.4. The van der Waals surface area contributed by atoms with Crippen molar-refractivity contribution in [1.82, 2.24) is 5.32 Å². The van der Waals surface area contributed by atoms with Gasteiger partial charge in [-0.25, -0.2) is 4.39 Å². The second-order valence-electron chi connectivity index (χ2n) is 3.74. The molecule has 0 aliphatic carbocycles. The highest BCUT2D eigenvalue weighted by Crippen LogP contribution is 2.34. The molecule has 0 radical (unpaired) electrons. The van der Waals surface area contributed by atoms with Gasteiger partial charge in [-0.2, -0.15) is 0 Å². The van der Waals surface area contributed by atoms with Gasteiger partial charge in [-0.1, -0.05) is 6.07 Å². The third-order valence-electron chi connectivity index (χ3n) is 2.71. The third kappa shape index (κ3) is 2.58. The second-order valence-corrected chi connectivity index (χ2v) is 5.54. The normalized spacial score (nSPS) is 12.4. The van der Waals surface area contributed by atoms with Gasteiger partial charge in [-0.15, -0.1) is 11.3 Å². The number of thiophene rings is 1. The Labute approximate surface area is 118 Å². The van der Waals surface area contributed by atoms with Crippen molar-refractivity contribution in [3.8, 4) is 5.75 Å².